The first-order chi connectivity index (χ1) is 8.38. The van der Waals surface area contributed by atoms with Crippen LogP contribution in [-0.4, -0.2) is 19.7 Å². The fraction of sp³-hybridized carbons (Fsp3) is 0.545. The normalized spacial score (nSPS) is 12.0. The summed E-state index contributed by atoms with van der Waals surface area (Å²) in [6.07, 6.45) is 0. The van der Waals surface area contributed by atoms with E-state index in [2.05, 4.69) is 41.3 Å². The summed E-state index contributed by atoms with van der Waals surface area (Å²) in [5.41, 5.74) is 6.88. The van der Waals surface area contributed by atoms with Crippen molar-refractivity contribution in [3.05, 3.63) is 16.1 Å². The maximum Gasteiger partial charge on any atom is 0.222 e. The molecule has 0 aromatic carbocycles. The van der Waals surface area contributed by atoms with E-state index in [1.165, 1.54) is 0 Å². The number of nitrogens with two attached hydrogens (primary N) is 1. The largest absolute Gasteiger partial charge is 0.368 e. The number of hydrogen-bond acceptors (Lipinski definition) is 6. The summed E-state index contributed by atoms with van der Waals surface area (Å²) in [7, 11) is 1.86. The Morgan fingerprint density at radius 1 is 1.39 bits per heavy atom. The molecule has 2 N–H and O–H groups in total. The highest BCUT2D eigenvalue weighted by molar-refractivity contribution is 7.98. The predicted octanol–water partition coefficient (Wildman–Crippen LogP) is 2.44. The first-order valence-electron chi connectivity index (χ1n) is 5.60. The average molecular weight is 283 g/mol. The van der Waals surface area contributed by atoms with Crippen LogP contribution >= 0.6 is 23.1 Å². The molecule has 18 heavy (non-hydrogen) atoms. The quantitative estimate of drug-likeness (QED) is 0.876. The number of aromatic nitrogens is 4. The Morgan fingerprint density at radius 3 is 2.61 bits per heavy atom. The molecule has 0 aliphatic rings. The Balaban J connectivity index is 2.03. The smallest absolute Gasteiger partial charge is 0.222 e. The molecule has 0 saturated carbocycles. The third-order valence-corrected chi connectivity index (χ3v) is 4.58. The molecule has 2 heterocycles. The van der Waals surface area contributed by atoms with Gasteiger partial charge in [0, 0.05) is 17.8 Å². The molecule has 0 fully saturated rings. The van der Waals surface area contributed by atoms with Crippen LogP contribution in [0.4, 0.5) is 5.95 Å². The van der Waals surface area contributed by atoms with Crippen LogP contribution in [0.15, 0.2) is 10.5 Å². The van der Waals surface area contributed by atoms with Crippen LogP contribution in [-0.2, 0) is 18.2 Å². The molecule has 2 aromatic rings. The summed E-state index contributed by atoms with van der Waals surface area (Å²) >= 11 is 3.29. The third-order valence-electron chi connectivity index (χ3n) is 2.51. The maximum atomic E-state index is 5.63. The van der Waals surface area contributed by atoms with Crippen molar-refractivity contribution in [2.75, 3.05) is 5.73 Å². The number of thiazole rings is 1. The van der Waals surface area contributed by atoms with E-state index >= 15 is 0 Å². The first kappa shape index (κ1) is 13.4. The topological polar surface area (TPSA) is 69.6 Å². The van der Waals surface area contributed by atoms with Crippen LogP contribution in [0.1, 0.15) is 31.5 Å². The summed E-state index contributed by atoms with van der Waals surface area (Å²) in [5, 5.41) is 11.9. The molecule has 0 unspecified atom stereocenters. The van der Waals surface area contributed by atoms with Gasteiger partial charge in [0.15, 0.2) is 5.16 Å². The average Bonchev–Trinajstić information content (AvgIpc) is 2.86. The molecule has 98 valence electrons. The van der Waals surface area contributed by atoms with Gasteiger partial charge in [0.2, 0.25) is 5.95 Å². The standard InChI is InChI=1S/C11H17N5S2/c1-11(2,3)7-5-17-8(13-7)6-18-10-15-14-9(12)16(10)4/h5H,6H2,1-4H3,(H2,12,14). The van der Waals surface area contributed by atoms with Crippen molar-refractivity contribution in [2.24, 2.45) is 7.05 Å². The molecule has 0 bridgehead atoms. The highest BCUT2D eigenvalue weighted by Gasteiger charge is 2.17. The van der Waals surface area contributed by atoms with Crippen LogP contribution in [0.5, 0.6) is 0 Å². The molecule has 0 atom stereocenters. The minimum absolute atomic E-state index is 0.106. The molecule has 2 aromatic heterocycles. The van der Waals surface area contributed by atoms with E-state index in [-0.39, 0.29) is 5.41 Å². The van der Waals surface area contributed by atoms with Gasteiger partial charge in [-0.25, -0.2) is 4.98 Å². The van der Waals surface area contributed by atoms with Gasteiger partial charge in [-0.05, 0) is 0 Å². The molecule has 5 nitrogen and oxygen atoms in total. The van der Waals surface area contributed by atoms with Crippen LogP contribution in [0.2, 0.25) is 0 Å². The maximum absolute atomic E-state index is 5.63. The zero-order valence-corrected chi connectivity index (χ0v) is 12.6. The molecule has 0 aliphatic heterocycles. The van der Waals surface area contributed by atoms with Crippen molar-refractivity contribution in [1.29, 1.82) is 0 Å². The van der Waals surface area contributed by atoms with Gasteiger partial charge < -0.3 is 5.73 Å². The minimum atomic E-state index is 0.106. The lowest BCUT2D eigenvalue weighted by Crippen LogP contribution is -2.11. The van der Waals surface area contributed by atoms with E-state index in [4.69, 9.17) is 5.73 Å². The van der Waals surface area contributed by atoms with Crippen molar-refractivity contribution < 1.29 is 0 Å². The van der Waals surface area contributed by atoms with E-state index in [1.54, 1.807) is 27.7 Å². The summed E-state index contributed by atoms with van der Waals surface area (Å²) < 4.78 is 1.78. The lowest BCUT2D eigenvalue weighted by atomic mass is 9.93. The monoisotopic (exact) mass is 283 g/mol. The van der Waals surface area contributed by atoms with Crippen LogP contribution < -0.4 is 5.73 Å². The minimum Gasteiger partial charge on any atom is -0.368 e. The molecular formula is C11H17N5S2. The Labute approximate surface area is 115 Å². The van der Waals surface area contributed by atoms with Gasteiger partial charge in [-0.15, -0.1) is 21.5 Å². The van der Waals surface area contributed by atoms with E-state index in [0.717, 1.165) is 21.6 Å². The number of nitrogens with zero attached hydrogens (tertiary/aromatic N) is 4. The summed E-state index contributed by atoms with van der Waals surface area (Å²) in [6, 6.07) is 0. The van der Waals surface area contributed by atoms with Gasteiger partial charge >= 0.3 is 0 Å². The molecule has 2 rings (SSSR count). The molecule has 0 saturated heterocycles. The number of thioether (sulfide) groups is 1. The molecule has 0 spiro atoms. The van der Waals surface area contributed by atoms with Crippen LogP contribution in [0.25, 0.3) is 0 Å². The second-order valence-corrected chi connectivity index (χ2v) is 6.95. The van der Waals surface area contributed by atoms with E-state index < -0.39 is 0 Å². The zero-order valence-electron chi connectivity index (χ0n) is 11.0. The summed E-state index contributed by atoms with van der Waals surface area (Å²) in [6.45, 7) is 6.51. The van der Waals surface area contributed by atoms with E-state index in [0.29, 0.717) is 5.95 Å². The van der Waals surface area contributed by atoms with Crippen LogP contribution in [0.3, 0.4) is 0 Å². The Bertz CT molecular complexity index is 538. The molecule has 7 heteroatoms. The number of hydrogen-bond donors (Lipinski definition) is 1. The van der Waals surface area contributed by atoms with E-state index in [1.807, 2.05) is 7.05 Å². The third kappa shape index (κ3) is 2.84. The SMILES string of the molecule is Cn1c(N)nnc1SCc1nc(C(C)(C)C)cs1. The Morgan fingerprint density at radius 2 is 2.11 bits per heavy atom. The highest BCUT2D eigenvalue weighted by atomic mass is 32.2. The first-order valence-corrected chi connectivity index (χ1v) is 7.47. The predicted molar refractivity (Wildman–Crippen MR) is 75.8 cm³/mol. The molecule has 0 aliphatic carbocycles. The van der Waals surface area contributed by atoms with Gasteiger partial charge in [0.25, 0.3) is 0 Å². The van der Waals surface area contributed by atoms with E-state index in [9.17, 15) is 0 Å². The summed E-state index contributed by atoms with van der Waals surface area (Å²) in [4.78, 5) is 4.64. The Hall–Kier alpha value is -1.08. The Kier molecular flexibility index (Phi) is 3.63. The fourth-order valence-electron chi connectivity index (χ4n) is 1.30. The van der Waals surface area contributed by atoms with Crippen molar-refractivity contribution in [3.8, 4) is 0 Å². The fourth-order valence-corrected chi connectivity index (χ4v) is 3.26. The second-order valence-electron chi connectivity index (χ2n) is 5.06. The summed E-state index contributed by atoms with van der Waals surface area (Å²) in [5.74, 6) is 1.24. The van der Waals surface area contributed by atoms with Gasteiger partial charge in [0.1, 0.15) is 5.01 Å². The van der Waals surface area contributed by atoms with Crippen LogP contribution in [0, 0.1) is 0 Å². The molecular weight excluding hydrogens is 266 g/mol. The lowest BCUT2D eigenvalue weighted by Gasteiger charge is -2.14. The molecule has 0 amide bonds. The van der Waals surface area contributed by atoms with Crippen molar-refractivity contribution in [1.82, 2.24) is 19.7 Å². The zero-order chi connectivity index (χ0) is 13.3. The van der Waals surface area contributed by atoms with Crippen molar-refractivity contribution in [2.45, 2.75) is 37.1 Å². The highest BCUT2D eigenvalue weighted by Crippen LogP contribution is 2.27. The van der Waals surface area contributed by atoms with Gasteiger partial charge in [-0.2, -0.15) is 0 Å². The second kappa shape index (κ2) is 4.89. The van der Waals surface area contributed by atoms with Crippen molar-refractivity contribution in [3.63, 3.8) is 0 Å². The number of nitrogen functional groups attached to an aromatic ring is 1. The number of anilines is 1. The lowest BCUT2D eigenvalue weighted by molar-refractivity contribution is 0.571. The van der Waals surface area contributed by atoms with Gasteiger partial charge in [-0.1, -0.05) is 32.5 Å². The van der Waals surface area contributed by atoms with Crippen molar-refractivity contribution >= 4 is 29.0 Å². The number of rotatable bonds is 3. The molecule has 0 radical (unpaired) electrons. The van der Waals surface area contributed by atoms with Gasteiger partial charge in [-0.3, -0.25) is 4.57 Å². The van der Waals surface area contributed by atoms with Gasteiger partial charge in [0.05, 0.1) is 11.4 Å².